The highest BCUT2D eigenvalue weighted by Crippen LogP contribution is 2.06. The second-order valence-corrected chi connectivity index (χ2v) is 8.42. The molecular weight excluding hydrogens is 436 g/mol. The third-order valence-corrected chi connectivity index (χ3v) is 5.32. The number of carbonyl (C=O) groups excluding carboxylic acids is 3. The number of rotatable bonds is 13. The van der Waals surface area contributed by atoms with Gasteiger partial charge in [0.25, 0.3) is 0 Å². The fraction of sp³-hybridized carbons (Fsp3) is 0.524. The second-order valence-electron chi connectivity index (χ2n) is 7.43. The first-order valence-electron chi connectivity index (χ1n) is 10.2. The molecule has 0 heterocycles. The number of aliphatic carboxylic acids is 1. The van der Waals surface area contributed by atoms with E-state index in [2.05, 4.69) is 16.0 Å². The van der Waals surface area contributed by atoms with Crippen LogP contribution in [0, 0.1) is 0 Å². The quantitative estimate of drug-likeness (QED) is 0.219. The molecule has 0 fully saturated rings. The highest BCUT2D eigenvalue weighted by atomic mass is 32.2. The van der Waals surface area contributed by atoms with E-state index >= 15 is 0 Å². The molecule has 1 aromatic rings. The van der Waals surface area contributed by atoms with Crippen molar-refractivity contribution in [2.45, 2.75) is 57.0 Å². The van der Waals surface area contributed by atoms with Crippen molar-refractivity contribution in [3.8, 4) is 0 Å². The molecule has 5 atom stereocenters. The lowest BCUT2D eigenvalue weighted by Crippen LogP contribution is -2.60. The Hall–Kier alpha value is -2.63. The van der Waals surface area contributed by atoms with E-state index in [9.17, 15) is 24.3 Å². The second kappa shape index (κ2) is 13.7. The largest absolute Gasteiger partial charge is 0.480 e. The van der Waals surface area contributed by atoms with Gasteiger partial charge in [0.1, 0.15) is 18.1 Å². The normalized spacial score (nSPS) is 15.5. The number of thioether (sulfide) groups is 1. The van der Waals surface area contributed by atoms with Crippen molar-refractivity contribution in [3.05, 3.63) is 35.9 Å². The molecule has 0 saturated heterocycles. The zero-order valence-corrected chi connectivity index (χ0v) is 19.2. The number of nitrogens with two attached hydrogens (primary N) is 1. The van der Waals surface area contributed by atoms with Crippen molar-refractivity contribution < 1.29 is 29.4 Å². The number of hydrogen-bond acceptors (Lipinski definition) is 7. The number of amides is 3. The predicted octanol–water partition coefficient (Wildman–Crippen LogP) is -0.751. The number of nitrogens with one attached hydrogen (secondary N) is 3. The number of carboxylic acid groups (broad SMARTS) is 1. The van der Waals surface area contributed by atoms with Crippen molar-refractivity contribution in [1.82, 2.24) is 16.0 Å². The minimum absolute atomic E-state index is 0.132. The van der Waals surface area contributed by atoms with E-state index in [1.54, 1.807) is 36.0 Å². The average Bonchev–Trinajstić information content (AvgIpc) is 2.75. The molecule has 0 spiro atoms. The summed E-state index contributed by atoms with van der Waals surface area (Å²) in [5, 5.41) is 26.2. The van der Waals surface area contributed by atoms with Crippen LogP contribution < -0.4 is 21.7 Å². The van der Waals surface area contributed by atoms with E-state index in [1.165, 1.54) is 13.8 Å². The van der Waals surface area contributed by atoms with Crippen LogP contribution in [0.2, 0.25) is 0 Å². The summed E-state index contributed by atoms with van der Waals surface area (Å²) < 4.78 is 0. The maximum Gasteiger partial charge on any atom is 0.325 e. The van der Waals surface area contributed by atoms with Gasteiger partial charge in [-0.3, -0.25) is 19.2 Å². The Bertz CT molecular complexity index is 777. The molecule has 178 valence electrons. The summed E-state index contributed by atoms with van der Waals surface area (Å²) in [6.07, 6.45) is 1.14. The summed E-state index contributed by atoms with van der Waals surface area (Å²) in [6.45, 7) is 2.55. The smallest absolute Gasteiger partial charge is 0.325 e. The monoisotopic (exact) mass is 468 g/mol. The highest BCUT2D eigenvalue weighted by molar-refractivity contribution is 7.98. The van der Waals surface area contributed by atoms with E-state index in [0.717, 1.165) is 5.56 Å². The van der Waals surface area contributed by atoms with Crippen molar-refractivity contribution in [3.63, 3.8) is 0 Å². The van der Waals surface area contributed by atoms with E-state index in [1.807, 2.05) is 12.3 Å². The van der Waals surface area contributed by atoms with Gasteiger partial charge in [-0.1, -0.05) is 30.3 Å². The van der Waals surface area contributed by atoms with Crippen LogP contribution in [0.4, 0.5) is 0 Å². The Labute approximate surface area is 191 Å². The topological polar surface area (TPSA) is 171 Å². The fourth-order valence-electron chi connectivity index (χ4n) is 2.74. The summed E-state index contributed by atoms with van der Waals surface area (Å²) in [7, 11) is 0. The maximum atomic E-state index is 13.0. The third kappa shape index (κ3) is 9.25. The molecule has 11 heteroatoms. The first-order chi connectivity index (χ1) is 15.1. The lowest BCUT2D eigenvalue weighted by atomic mass is 10.0. The van der Waals surface area contributed by atoms with E-state index in [0.29, 0.717) is 12.2 Å². The van der Waals surface area contributed by atoms with Gasteiger partial charge in [-0.15, -0.1) is 0 Å². The van der Waals surface area contributed by atoms with Crippen LogP contribution >= 0.6 is 11.8 Å². The van der Waals surface area contributed by atoms with Gasteiger partial charge in [-0.2, -0.15) is 11.8 Å². The van der Waals surface area contributed by atoms with Gasteiger partial charge in [-0.05, 0) is 37.8 Å². The molecule has 0 aliphatic rings. The molecule has 0 aliphatic carbocycles. The van der Waals surface area contributed by atoms with Crippen molar-refractivity contribution in [2.75, 3.05) is 12.0 Å². The standard InChI is InChI=1S/C21H32N4O6S/c1-12(21(30)31)23-20(29)17(13(2)26)25-19(28)16(11-14-7-5-4-6-8-14)24-18(27)15(22)9-10-32-3/h4-8,12-13,15-17,26H,9-11,22H2,1-3H3,(H,23,29)(H,24,27)(H,25,28)(H,30,31). The predicted molar refractivity (Wildman–Crippen MR) is 122 cm³/mol. The molecule has 32 heavy (non-hydrogen) atoms. The molecule has 10 nitrogen and oxygen atoms in total. The summed E-state index contributed by atoms with van der Waals surface area (Å²) in [5.74, 6) is -2.65. The SMILES string of the molecule is CSCCC(N)C(=O)NC(Cc1ccccc1)C(=O)NC(C(=O)NC(C)C(=O)O)C(C)O. The van der Waals surface area contributed by atoms with Gasteiger partial charge >= 0.3 is 5.97 Å². The Morgan fingerprint density at radius 2 is 1.62 bits per heavy atom. The molecule has 5 unspecified atom stereocenters. The number of carboxylic acids is 1. The maximum absolute atomic E-state index is 13.0. The van der Waals surface area contributed by atoms with Crippen LogP contribution in [0.3, 0.4) is 0 Å². The van der Waals surface area contributed by atoms with Gasteiger partial charge in [0.2, 0.25) is 17.7 Å². The number of aliphatic hydroxyl groups is 1. The zero-order chi connectivity index (χ0) is 24.3. The van der Waals surface area contributed by atoms with Crippen LogP contribution in [-0.4, -0.2) is 76.2 Å². The van der Waals surface area contributed by atoms with Crippen LogP contribution in [-0.2, 0) is 25.6 Å². The van der Waals surface area contributed by atoms with E-state index < -0.39 is 54.0 Å². The lowest BCUT2D eigenvalue weighted by Gasteiger charge is -2.26. The van der Waals surface area contributed by atoms with Gasteiger partial charge < -0.3 is 31.9 Å². The van der Waals surface area contributed by atoms with Gasteiger partial charge in [-0.25, -0.2) is 0 Å². The van der Waals surface area contributed by atoms with Crippen molar-refractivity contribution in [1.29, 1.82) is 0 Å². The fourth-order valence-corrected chi connectivity index (χ4v) is 3.23. The molecule has 0 radical (unpaired) electrons. The van der Waals surface area contributed by atoms with Crippen LogP contribution in [0.15, 0.2) is 30.3 Å². The number of hydrogen-bond donors (Lipinski definition) is 6. The van der Waals surface area contributed by atoms with Gasteiger partial charge in [0.15, 0.2) is 0 Å². The molecule has 0 aliphatic heterocycles. The summed E-state index contributed by atoms with van der Waals surface area (Å²) >= 11 is 1.54. The Kier molecular flexibility index (Phi) is 11.7. The van der Waals surface area contributed by atoms with Crippen molar-refractivity contribution in [2.24, 2.45) is 5.73 Å². The highest BCUT2D eigenvalue weighted by Gasteiger charge is 2.31. The minimum Gasteiger partial charge on any atom is -0.480 e. The number of benzene rings is 1. The summed E-state index contributed by atoms with van der Waals surface area (Å²) in [6, 6.07) is 4.47. The Morgan fingerprint density at radius 3 is 2.16 bits per heavy atom. The minimum atomic E-state index is -1.41. The van der Waals surface area contributed by atoms with Gasteiger partial charge in [0.05, 0.1) is 12.1 Å². The lowest BCUT2D eigenvalue weighted by molar-refractivity contribution is -0.142. The molecule has 0 aromatic heterocycles. The molecule has 0 saturated carbocycles. The molecule has 1 aromatic carbocycles. The van der Waals surface area contributed by atoms with Crippen LogP contribution in [0.5, 0.6) is 0 Å². The average molecular weight is 469 g/mol. The Balaban J connectivity index is 2.99. The van der Waals surface area contributed by atoms with Crippen LogP contribution in [0.1, 0.15) is 25.8 Å². The molecule has 0 bridgehead atoms. The molecular formula is C21H32N4O6S. The van der Waals surface area contributed by atoms with E-state index in [4.69, 9.17) is 10.8 Å². The summed E-state index contributed by atoms with van der Waals surface area (Å²) in [4.78, 5) is 48.9. The molecule has 3 amide bonds. The summed E-state index contributed by atoms with van der Waals surface area (Å²) in [5.41, 5.74) is 6.68. The number of carbonyl (C=O) groups is 4. The van der Waals surface area contributed by atoms with E-state index in [-0.39, 0.29) is 6.42 Å². The first kappa shape index (κ1) is 27.4. The first-order valence-corrected chi connectivity index (χ1v) is 11.6. The van der Waals surface area contributed by atoms with Gasteiger partial charge in [0, 0.05) is 6.42 Å². The number of aliphatic hydroxyl groups excluding tert-OH is 1. The zero-order valence-electron chi connectivity index (χ0n) is 18.4. The third-order valence-electron chi connectivity index (χ3n) is 4.68. The van der Waals surface area contributed by atoms with Crippen LogP contribution in [0.25, 0.3) is 0 Å². The molecule has 1 rings (SSSR count). The Morgan fingerprint density at radius 1 is 1.00 bits per heavy atom. The molecule has 7 N–H and O–H groups in total. The van der Waals surface area contributed by atoms with Crippen molar-refractivity contribution >= 4 is 35.5 Å².